The van der Waals surface area contributed by atoms with Crippen LogP contribution in [0.25, 0.3) is 0 Å². The first-order chi connectivity index (χ1) is 9.98. The lowest BCUT2D eigenvalue weighted by Crippen LogP contribution is -2.33. The van der Waals surface area contributed by atoms with Crippen molar-refractivity contribution in [1.29, 1.82) is 0 Å². The summed E-state index contributed by atoms with van der Waals surface area (Å²) in [5.74, 6) is 0.588. The van der Waals surface area contributed by atoms with Gasteiger partial charge in [-0.2, -0.15) is 13.2 Å². The maximum Gasteiger partial charge on any atom is 0.416 e. The summed E-state index contributed by atoms with van der Waals surface area (Å²) >= 11 is 0. The van der Waals surface area contributed by atoms with Crippen LogP contribution in [0.3, 0.4) is 0 Å². The van der Waals surface area contributed by atoms with Crippen molar-refractivity contribution in [3.8, 4) is 0 Å². The summed E-state index contributed by atoms with van der Waals surface area (Å²) in [5, 5.41) is 3.31. The van der Waals surface area contributed by atoms with Crippen molar-refractivity contribution in [2.45, 2.75) is 64.2 Å². The number of halogens is 3. The molecule has 0 aliphatic heterocycles. The van der Waals surface area contributed by atoms with Crippen molar-refractivity contribution in [3.63, 3.8) is 0 Å². The van der Waals surface area contributed by atoms with E-state index in [9.17, 15) is 13.2 Å². The maximum atomic E-state index is 13.0. The van der Waals surface area contributed by atoms with Gasteiger partial charge in [-0.15, -0.1) is 0 Å². The SMILES string of the molecule is C[C@@H](NCc1ccccc1C(F)(F)F)C1CCCCCC1. The molecule has 0 saturated heterocycles. The van der Waals surface area contributed by atoms with Gasteiger partial charge in [0.15, 0.2) is 0 Å². The molecule has 1 atom stereocenters. The Bertz CT molecular complexity index is 434. The Kier molecular flexibility index (Phi) is 5.68. The second kappa shape index (κ2) is 7.30. The molecule has 0 amide bonds. The van der Waals surface area contributed by atoms with Crippen LogP contribution in [0.4, 0.5) is 13.2 Å². The first kappa shape index (κ1) is 16.3. The Labute approximate surface area is 124 Å². The predicted molar refractivity (Wildman–Crippen MR) is 78.9 cm³/mol. The van der Waals surface area contributed by atoms with Crippen molar-refractivity contribution in [3.05, 3.63) is 35.4 Å². The first-order valence-electron chi connectivity index (χ1n) is 7.87. The van der Waals surface area contributed by atoms with Gasteiger partial charge in [-0.3, -0.25) is 0 Å². The van der Waals surface area contributed by atoms with E-state index in [2.05, 4.69) is 12.2 Å². The van der Waals surface area contributed by atoms with Crippen molar-refractivity contribution in [2.24, 2.45) is 5.92 Å². The lowest BCUT2D eigenvalue weighted by molar-refractivity contribution is -0.138. The summed E-state index contributed by atoms with van der Waals surface area (Å²) in [4.78, 5) is 0. The van der Waals surface area contributed by atoms with Crippen LogP contribution in [0.1, 0.15) is 56.6 Å². The molecule has 21 heavy (non-hydrogen) atoms. The van der Waals surface area contributed by atoms with Crippen molar-refractivity contribution in [1.82, 2.24) is 5.32 Å². The monoisotopic (exact) mass is 299 g/mol. The second-order valence-electron chi connectivity index (χ2n) is 6.08. The van der Waals surface area contributed by atoms with Gasteiger partial charge in [0.05, 0.1) is 5.56 Å². The van der Waals surface area contributed by atoms with Gasteiger partial charge in [-0.05, 0) is 37.3 Å². The van der Waals surface area contributed by atoms with Gasteiger partial charge in [0.1, 0.15) is 0 Å². The molecule has 0 radical (unpaired) electrons. The fraction of sp³-hybridized carbons (Fsp3) is 0.647. The molecule has 2 rings (SSSR count). The Hall–Kier alpha value is -1.03. The highest BCUT2D eigenvalue weighted by Crippen LogP contribution is 2.32. The number of hydrogen-bond acceptors (Lipinski definition) is 1. The van der Waals surface area contributed by atoms with Crippen molar-refractivity contribution in [2.75, 3.05) is 0 Å². The van der Waals surface area contributed by atoms with Crippen LogP contribution in [0.2, 0.25) is 0 Å². The molecule has 1 saturated carbocycles. The molecule has 1 nitrogen and oxygen atoms in total. The summed E-state index contributed by atoms with van der Waals surface area (Å²) in [6.45, 7) is 2.39. The molecule has 0 bridgehead atoms. The number of rotatable bonds is 4. The average Bonchev–Trinajstić information content (AvgIpc) is 2.73. The number of benzene rings is 1. The van der Waals surface area contributed by atoms with Gasteiger partial charge >= 0.3 is 6.18 Å². The highest BCUT2D eigenvalue weighted by atomic mass is 19.4. The van der Waals surface area contributed by atoms with Gasteiger partial charge in [0.25, 0.3) is 0 Å². The molecule has 4 heteroatoms. The van der Waals surface area contributed by atoms with E-state index in [1.54, 1.807) is 12.1 Å². The molecule has 1 N–H and O–H groups in total. The van der Waals surface area contributed by atoms with Gasteiger partial charge in [0, 0.05) is 12.6 Å². The molecule has 0 spiro atoms. The van der Waals surface area contributed by atoms with E-state index < -0.39 is 11.7 Å². The molecule has 118 valence electrons. The highest BCUT2D eigenvalue weighted by molar-refractivity contribution is 5.29. The molecule has 1 aromatic carbocycles. The standard InChI is InChI=1S/C17H24F3N/c1-13(14-8-4-2-3-5-9-14)21-12-15-10-6-7-11-16(15)17(18,19)20/h6-7,10-11,13-14,21H,2-5,8-9,12H2,1H3/t13-/m1/s1. The Balaban J connectivity index is 1.96. The first-order valence-corrected chi connectivity index (χ1v) is 7.87. The Morgan fingerprint density at radius 3 is 2.33 bits per heavy atom. The van der Waals surface area contributed by atoms with E-state index in [1.807, 2.05) is 0 Å². The largest absolute Gasteiger partial charge is 0.416 e. The van der Waals surface area contributed by atoms with Gasteiger partial charge in [0.2, 0.25) is 0 Å². The fourth-order valence-corrected chi connectivity index (χ4v) is 3.20. The van der Waals surface area contributed by atoms with Gasteiger partial charge in [-0.1, -0.05) is 43.9 Å². The summed E-state index contributed by atoms with van der Waals surface area (Å²) in [6, 6.07) is 6.11. The highest BCUT2D eigenvalue weighted by Gasteiger charge is 2.32. The minimum atomic E-state index is -4.27. The maximum absolute atomic E-state index is 13.0. The lowest BCUT2D eigenvalue weighted by Gasteiger charge is -2.24. The quantitative estimate of drug-likeness (QED) is 0.758. The molecule has 0 heterocycles. The third-order valence-electron chi connectivity index (χ3n) is 4.54. The summed E-state index contributed by atoms with van der Waals surface area (Å²) in [6.07, 6.45) is 3.18. The lowest BCUT2D eigenvalue weighted by atomic mass is 9.92. The molecular weight excluding hydrogens is 275 g/mol. The Morgan fingerprint density at radius 1 is 1.10 bits per heavy atom. The number of hydrogen-bond donors (Lipinski definition) is 1. The number of nitrogens with one attached hydrogen (secondary N) is 1. The molecule has 0 unspecified atom stereocenters. The third-order valence-corrected chi connectivity index (χ3v) is 4.54. The molecular formula is C17H24F3N. The fourth-order valence-electron chi connectivity index (χ4n) is 3.20. The Morgan fingerprint density at radius 2 is 1.71 bits per heavy atom. The van der Waals surface area contributed by atoms with Gasteiger partial charge in [-0.25, -0.2) is 0 Å². The third kappa shape index (κ3) is 4.73. The van der Waals surface area contributed by atoms with Crippen LogP contribution in [-0.2, 0) is 12.7 Å². The van der Waals surface area contributed by atoms with Crippen molar-refractivity contribution >= 4 is 0 Å². The zero-order valence-electron chi connectivity index (χ0n) is 12.5. The zero-order chi connectivity index (χ0) is 15.3. The predicted octanol–water partition coefficient (Wildman–Crippen LogP) is 5.15. The molecule has 1 aliphatic carbocycles. The van der Waals surface area contributed by atoms with E-state index in [1.165, 1.54) is 44.6 Å². The topological polar surface area (TPSA) is 12.0 Å². The van der Waals surface area contributed by atoms with E-state index in [-0.39, 0.29) is 12.6 Å². The van der Waals surface area contributed by atoms with Gasteiger partial charge < -0.3 is 5.32 Å². The molecule has 0 aromatic heterocycles. The number of alkyl halides is 3. The van der Waals surface area contributed by atoms with E-state index in [0.29, 0.717) is 11.5 Å². The van der Waals surface area contributed by atoms with Crippen LogP contribution in [0.5, 0.6) is 0 Å². The smallest absolute Gasteiger partial charge is 0.310 e. The molecule has 1 aromatic rings. The van der Waals surface area contributed by atoms with E-state index in [4.69, 9.17) is 0 Å². The van der Waals surface area contributed by atoms with Crippen LogP contribution < -0.4 is 5.32 Å². The normalized spacial score (nSPS) is 19.2. The minimum absolute atomic E-state index is 0.268. The minimum Gasteiger partial charge on any atom is -0.310 e. The van der Waals surface area contributed by atoms with Crippen LogP contribution in [0.15, 0.2) is 24.3 Å². The van der Waals surface area contributed by atoms with E-state index in [0.717, 1.165) is 6.07 Å². The van der Waals surface area contributed by atoms with Crippen molar-refractivity contribution < 1.29 is 13.2 Å². The molecule has 1 aliphatic rings. The summed E-state index contributed by atoms with van der Waals surface area (Å²) in [5.41, 5.74) is -0.184. The zero-order valence-corrected chi connectivity index (χ0v) is 12.5. The van der Waals surface area contributed by atoms with Crippen LogP contribution in [0, 0.1) is 5.92 Å². The second-order valence-corrected chi connectivity index (χ2v) is 6.08. The summed E-state index contributed by atoms with van der Waals surface area (Å²) in [7, 11) is 0. The van der Waals surface area contributed by atoms with E-state index >= 15 is 0 Å². The molecule has 1 fully saturated rings. The van der Waals surface area contributed by atoms with Crippen LogP contribution >= 0.6 is 0 Å². The summed E-state index contributed by atoms with van der Waals surface area (Å²) < 4.78 is 38.9. The average molecular weight is 299 g/mol. The van der Waals surface area contributed by atoms with Crippen LogP contribution in [-0.4, -0.2) is 6.04 Å².